The Labute approximate surface area is 145 Å². The largest absolute Gasteiger partial charge is 2.00 e. The van der Waals surface area contributed by atoms with Gasteiger partial charge in [0.05, 0.1) is 0 Å². The van der Waals surface area contributed by atoms with E-state index in [0.717, 1.165) is 25.7 Å². The van der Waals surface area contributed by atoms with Gasteiger partial charge in [-0.05, 0) is 12.8 Å². The molecular formula is C16H34NiO5+2. The van der Waals surface area contributed by atoms with Crippen molar-refractivity contribution in [1.82, 2.24) is 0 Å². The molecule has 4 N–H and O–H groups in total. The Bertz CT molecular complexity index is 211. The molecule has 0 saturated heterocycles. The Morgan fingerprint density at radius 2 is 0.909 bits per heavy atom. The first-order chi connectivity index (χ1) is 9.54. The van der Waals surface area contributed by atoms with E-state index in [2.05, 4.69) is 13.8 Å². The minimum atomic E-state index is -0.670. The first-order valence-corrected chi connectivity index (χ1v) is 7.98. The molecule has 0 rings (SSSR count). The van der Waals surface area contributed by atoms with E-state index in [4.69, 9.17) is 10.2 Å². The number of aliphatic carboxylic acids is 2. The van der Waals surface area contributed by atoms with Crippen LogP contribution in [0.25, 0.3) is 0 Å². The van der Waals surface area contributed by atoms with Gasteiger partial charge in [-0.25, -0.2) is 0 Å². The maximum atomic E-state index is 10.0. The van der Waals surface area contributed by atoms with Crippen LogP contribution in [0.4, 0.5) is 0 Å². The summed E-state index contributed by atoms with van der Waals surface area (Å²) in [6.07, 6.45) is 11.8. The Balaban J connectivity index is -0.000000135. The van der Waals surface area contributed by atoms with Crippen LogP contribution in [0.2, 0.25) is 0 Å². The van der Waals surface area contributed by atoms with E-state index in [-0.39, 0.29) is 22.0 Å². The summed E-state index contributed by atoms with van der Waals surface area (Å²) < 4.78 is 0. The van der Waals surface area contributed by atoms with Crippen LogP contribution in [0.15, 0.2) is 0 Å². The molecule has 0 aromatic carbocycles. The van der Waals surface area contributed by atoms with Gasteiger partial charge in [0.25, 0.3) is 0 Å². The van der Waals surface area contributed by atoms with E-state index in [0.29, 0.717) is 12.8 Å². The van der Waals surface area contributed by atoms with Crippen molar-refractivity contribution in [3.05, 3.63) is 0 Å². The molecule has 0 aliphatic heterocycles. The van der Waals surface area contributed by atoms with Crippen LogP contribution in [0.1, 0.15) is 90.9 Å². The predicted molar refractivity (Wildman–Crippen MR) is 85.6 cm³/mol. The molecule has 0 spiro atoms. The molecule has 0 radical (unpaired) electrons. The van der Waals surface area contributed by atoms with Crippen LogP contribution in [-0.4, -0.2) is 27.6 Å². The number of carboxylic acids is 2. The maximum Gasteiger partial charge on any atom is 2.00 e. The average Bonchev–Trinajstić information content (AvgIpc) is 2.38. The molecule has 0 aliphatic carbocycles. The zero-order chi connectivity index (χ0) is 15.6. The van der Waals surface area contributed by atoms with E-state index in [1.165, 1.54) is 38.5 Å². The maximum absolute atomic E-state index is 10.0. The summed E-state index contributed by atoms with van der Waals surface area (Å²) in [7, 11) is 0. The van der Waals surface area contributed by atoms with Crippen molar-refractivity contribution in [2.45, 2.75) is 90.9 Å². The quantitative estimate of drug-likeness (QED) is 0.402. The first-order valence-electron chi connectivity index (χ1n) is 7.98. The molecule has 0 bridgehead atoms. The summed E-state index contributed by atoms with van der Waals surface area (Å²) in [6.45, 7) is 4.30. The van der Waals surface area contributed by atoms with Gasteiger partial charge in [0, 0.05) is 12.8 Å². The van der Waals surface area contributed by atoms with Gasteiger partial charge in [-0.2, -0.15) is 0 Å². The number of hydrogen-bond donors (Lipinski definition) is 2. The summed E-state index contributed by atoms with van der Waals surface area (Å²) in [6, 6.07) is 0. The van der Waals surface area contributed by atoms with Crippen molar-refractivity contribution in [3.63, 3.8) is 0 Å². The Morgan fingerprint density at radius 3 is 1.14 bits per heavy atom. The second-order valence-corrected chi connectivity index (χ2v) is 5.12. The van der Waals surface area contributed by atoms with Crippen molar-refractivity contribution in [1.29, 1.82) is 0 Å². The van der Waals surface area contributed by atoms with E-state index >= 15 is 0 Å². The minimum absolute atomic E-state index is 0. The van der Waals surface area contributed by atoms with Crippen molar-refractivity contribution in [3.8, 4) is 0 Å². The van der Waals surface area contributed by atoms with Crippen LogP contribution in [-0.2, 0) is 26.1 Å². The molecule has 0 aromatic heterocycles. The van der Waals surface area contributed by atoms with Crippen molar-refractivity contribution < 1.29 is 41.8 Å². The van der Waals surface area contributed by atoms with Crippen molar-refractivity contribution in [2.75, 3.05) is 0 Å². The normalized spacial score (nSPS) is 8.82. The molecule has 5 nitrogen and oxygen atoms in total. The Kier molecular flexibility index (Phi) is 33.9. The summed E-state index contributed by atoms with van der Waals surface area (Å²) in [5, 5.41) is 16.5. The van der Waals surface area contributed by atoms with E-state index < -0.39 is 11.9 Å². The van der Waals surface area contributed by atoms with Gasteiger partial charge in [0.1, 0.15) is 0 Å². The van der Waals surface area contributed by atoms with Gasteiger partial charge in [-0.1, -0.05) is 65.2 Å². The fraction of sp³-hybridized carbons (Fsp3) is 0.875. The van der Waals surface area contributed by atoms with Gasteiger partial charge in [0.15, 0.2) is 0 Å². The third-order valence-electron chi connectivity index (χ3n) is 2.99. The van der Waals surface area contributed by atoms with Crippen molar-refractivity contribution >= 4 is 11.9 Å². The molecule has 6 heteroatoms. The molecule has 0 fully saturated rings. The van der Waals surface area contributed by atoms with Crippen LogP contribution >= 0.6 is 0 Å². The monoisotopic (exact) mass is 364 g/mol. The predicted octanol–water partition coefficient (Wildman–Crippen LogP) is 4.04. The van der Waals surface area contributed by atoms with Crippen LogP contribution < -0.4 is 0 Å². The molecule has 0 heterocycles. The average molecular weight is 365 g/mol. The third kappa shape index (κ3) is 36.6. The first kappa shape index (κ1) is 29.4. The second kappa shape index (κ2) is 25.4. The Hall–Kier alpha value is -0.606. The molecule has 0 aromatic rings. The van der Waals surface area contributed by atoms with Gasteiger partial charge in [0.2, 0.25) is 0 Å². The van der Waals surface area contributed by atoms with Crippen molar-refractivity contribution in [2.24, 2.45) is 0 Å². The van der Waals surface area contributed by atoms with Crippen LogP contribution in [0.3, 0.4) is 0 Å². The number of rotatable bonds is 12. The van der Waals surface area contributed by atoms with Gasteiger partial charge < -0.3 is 15.7 Å². The molecule has 0 aliphatic rings. The number of hydrogen-bond acceptors (Lipinski definition) is 2. The Morgan fingerprint density at radius 1 is 0.636 bits per heavy atom. The third-order valence-corrected chi connectivity index (χ3v) is 2.99. The minimum Gasteiger partial charge on any atom is -0.481 e. The standard InChI is InChI=1S/2C8H16O2.Ni.H2O/c2*1-2-3-4-5-6-7-8(9)10;;/h2*2-7H2,1H3,(H,9,10);;1H2/q;;+2;. The second-order valence-electron chi connectivity index (χ2n) is 5.12. The topological polar surface area (TPSA) is 106 Å². The molecule has 0 unspecified atom stereocenters. The summed E-state index contributed by atoms with van der Waals surface area (Å²) >= 11 is 0. The van der Waals surface area contributed by atoms with Gasteiger partial charge in [-0.15, -0.1) is 0 Å². The number of carbonyl (C=O) groups is 2. The zero-order valence-corrected chi connectivity index (χ0v) is 15.0. The molecule has 22 heavy (non-hydrogen) atoms. The SMILES string of the molecule is CCCCCCCC(=O)O.CCCCCCCC(=O)O.O.[Ni+2]. The van der Waals surface area contributed by atoms with Crippen LogP contribution in [0.5, 0.6) is 0 Å². The molecule has 0 saturated carbocycles. The molecule has 0 amide bonds. The van der Waals surface area contributed by atoms with E-state index in [1.807, 2.05) is 0 Å². The summed E-state index contributed by atoms with van der Waals surface area (Å²) in [5.74, 6) is -1.34. The fourth-order valence-electron chi connectivity index (χ4n) is 1.76. The molecule has 136 valence electrons. The molecule has 0 atom stereocenters. The summed E-state index contributed by atoms with van der Waals surface area (Å²) in [5.41, 5.74) is 0. The van der Waals surface area contributed by atoms with Gasteiger partial charge >= 0.3 is 28.4 Å². The summed E-state index contributed by atoms with van der Waals surface area (Å²) in [4.78, 5) is 20.1. The number of unbranched alkanes of at least 4 members (excludes halogenated alkanes) is 8. The number of carboxylic acid groups (broad SMARTS) is 2. The van der Waals surface area contributed by atoms with Gasteiger partial charge in [-0.3, -0.25) is 9.59 Å². The fourth-order valence-corrected chi connectivity index (χ4v) is 1.76. The smallest absolute Gasteiger partial charge is 0.481 e. The zero-order valence-electron chi connectivity index (χ0n) is 14.0. The molecular weight excluding hydrogens is 331 g/mol. The van der Waals surface area contributed by atoms with E-state index in [9.17, 15) is 9.59 Å². The van der Waals surface area contributed by atoms with Crippen LogP contribution in [0, 0.1) is 0 Å². The van der Waals surface area contributed by atoms with E-state index in [1.54, 1.807) is 0 Å².